The molecule has 0 aliphatic heterocycles. The van der Waals surface area contributed by atoms with Gasteiger partial charge in [-0.2, -0.15) is 0 Å². The molecule has 2 aromatic rings. The number of rotatable bonds is 5. The van der Waals surface area contributed by atoms with Crippen LogP contribution in [0.5, 0.6) is 0 Å². The van der Waals surface area contributed by atoms with E-state index in [2.05, 4.69) is 15.5 Å². The van der Waals surface area contributed by atoms with Crippen LogP contribution in [0.1, 0.15) is 5.56 Å². The Bertz CT molecular complexity index is 510. The Kier molecular flexibility index (Phi) is 4.21. The lowest BCUT2D eigenvalue weighted by molar-refractivity contribution is 0.554. The summed E-state index contributed by atoms with van der Waals surface area (Å²) in [5.41, 5.74) is 5.42. The fourth-order valence-corrected chi connectivity index (χ4v) is 2.29. The van der Waals surface area contributed by atoms with Crippen molar-refractivity contribution >= 4 is 11.8 Å². The van der Waals surface area contributed by atoms with Crippen molar-refractivity contribution in [3.63, 3.8) is 0 Å². The van der Waals surface area contributed by atoms with Gasteiger partial charge in [0.2, 0.25) is 5.16 Å². The highest BCUT2D eigenvalue weighted by Gasteiger charge is 2.12. The number of thioether (sulfide) groups is 1. The first-order valence-electron chi connectivity index (χ1n) is 5.24. The Hall–Kier alpha value is -1.54. The molecule has 0 spiro atoms. The predicted molar refractivity (Wildman–Crippen MR) is 62.8 cm³/mol. The topological polar surface area (TPSA) is 69.6 Å². The van der Waals surface area contributed by atoms with Crippen molar-refractivity contribution < 1.29 is 8.78 Å². The van der Waals surface area contributed by atoms with E-state index >= 15 is 0 Å². The maximum atomic E-state index is 13.4. The molecule has 0 unspecified atom stereocenters. The summed E-state index contributed by atoms with van der Waals surface area (Å²) in [4.78, 5) is 0. The van der Waals surface area contributed by atoms with E-state index in [0.29, 0.717) is 18.2 Å². The molecular formula is C10H11F2N5S. The first-order valence-corrected chi connectivity index (χ1v) is 6.23. The molecule has 2 rings (SSSR count). The Balaban J connectivity index is 2.09. The van der Waals surface area contributed by atoms with E-state index in [4.69, 9.17) is 5.73 Å². The van der Waals surface area contributed by atoms with Crippen LogP contribution in [0.4, 0.5) is 8.78 Å². The van der Waals surface area contributed by atoms with Gasteiger partial charge in [-0.15, -0.1) is 5.10 Å². The molecule has 0 atom stereocenters. The zero-order valence-electron chi connectivity index (χ0n) is 9.38. The molecule has 0 radical (unpaired) electrons. The van der Waals surface area contributed by atoms with Crippen LogP contribution < -0.4 is 5.73 Å². The molecule has 0 saturated carbocycles. The number of tetrazole rings is 1. The molecule has 0 saturated heterocycles. The Labute approximate surface area is 106 Å². The largest absolute Gasteiger partial charge is 0.329 e. The minimum Gasteiger partial charge on any atom is -0.329 e. The van der Waals surface area contributed by atoms with E-state index in [0.717, 1.165) is 0 Å². The van der Waals surface area contributed by atoms with E-state index < -0.39 is 11.6 Å². The highest BCUT2D eigenvalue weighted by Crippen LogP contribution is 2.23. The van der Waals surface area contributed by atoms with E-state index in [9.17, 15) is 8.78 Å². The fraction of sp³-hybridized carbons (Fsp3) is 0.300. The summed E-state index contributed by atoms with van der Waals surface area (Å²) in [6.45, 7) is 0.863. The predicted octanol–water partition coefficient (Wildman–Crippen LogP) is 1.20. The molecule has 8 heteroatoms. The van der Waals surface area contributed by atoms with Crippen LogP contribution >= 0.6 is 11.8 Å². The number of aromatic nitrogens is 4. The molecule has 1 aromatic heterocycles. The summed E-state index contributed by atoms with van der Waals surface area (Å²) in [6.07, 6.45) is 0. The average Bonchev–Trinajstić information content (AvgIpc) is 2.77. The van der Waals surface area contributed by atoms with Crippen LogP contribution in [-0.4, -0.2) is 26.8 Å². The van der Waals surface area contributed by atoms with Gasteiger partial charge in [-0.05, 0) is 22.6 Å². The van der Waals surface area contributed by atoms with Crippen LogP contribution in [-0.2, 0) is 12.3 Å². The number of nitrogens with zero attached hydrogens (tertiary/aromatic N) is 4. The second kappa shape index (κ2) is 5.87. The number of hydrogen-bond acceptors (Lipinski definition) is 5. The summed E-state index contributed by atoms with van der Waals surface area (Å²) in [5, 5.41) is 11.5. The van der Waals surface area contributed by atoms with Gasteiger partial charge in [0, 0.05) is 17.9 Å². The summed E-state index contributed by atoms with van der Waals surface area (Å²) >= 11 is 1.17. The number of nitrogens with two attached hydrogens (primary N) is 1. The minimum atomic E-state index is -0.569. The molecule has 1 aromatic carbocycles. The second-order valence-electron chi connectivity index (χ2n) is 3.46. The molecule has 0 amide bonds. The van der Waals surface area contributed by atoms with E-state index in [1.807, 2.05) is 0 Å². The van der Waals surface area contributed by atoms with Crippen molar-refractivity contribution in [2.75, 3.05) is 6.54 Å². The average molecular weight is 271 g/mol. The molecule has 0 fully saturated rings. The van der Waals surface area contributed by atoms with Gasteiger partial charge in [-0.1, -0.05) is 17.8 Å². The van der Waals surface area contributed by atoms with Crippen LogP contribution in [0.2, 0.25) is 0 Å². The lowest BCUT2D eigenvalue weighted by Gasteiger charge is -2.04. The van der Waals surface area contributed by atoms with Crippen molar-refractivity contribution in [1.82, 2.24) is 20.2 Å². The van der Waals surface area contributed by atoms with Crippen molar-refractivity contribution in [2.45, 2.75) is 17.5 Å². The van der Waals surface area contributed by atoms with Crippen molar-refractivity contribution in [3.8, 4) is 0 Å². The molecule has 18 heavy (non-hydrogen) atoms. The van der Waals surface area contributed by atoms with Gasteiger partial charge in [0.05, 0.1) is 6.54 Å². The van der Waals surface area contributed by atoms with Crippen molar-refractivity contribution in [1.29, 1.82) is 0 Å². The number of halogens is 2. The maximum Gasteiger partial charge on any atom is 0.209 e. The summed E-state index contributed by atoms with van der Waals surface area (Å²) in [6, 6.07) is 3.78. The van der Waals surface area contributed by atoms with Gasteiger partial charge in [-0.25, -0.2) is 13.5 Å². The van der Waals surface area contributed by atoms with Crippen LogP contribution in [0.15, 0.2) is 23.4 Å². The Morgan fingerprint density at radius 1 is 1.28 bits per heavy atom. The van der Waals surface area contributed by atoms with Crippen LogP contribution in [0, 0.1) is 11.6 Å². The quantitative estimate of drug-likeness (QED) is 0.828. The number of benzene rings is 1. The molecular weight excluding hydrogens is 260 g/mol. The molecule has 5 nitrogen and oxygen atoms in total. The smallest absolute Gasteiger partial charge is 0.209 e. The van der Waals surface area contributed by atoms with Crippen LogP contribution in [0.3, 0.4) is 0 Å². The van der Waals surface area contributed by atoms with E-state index in [1.165, 1.54) is 34.6 Å². The van der Waals surface area contributed by atoms with Gasteiger partial charge in [-0.3, -0.25) is 0 Å². The SMILES string of the molecule is NCCn1nnnc1SCc1c(F)cccc1F. The van der Waals surface area contributed by atoms with E-state index in [1.54, 1.807) is 0 Å². The standard InChI is InChI=1S/C10H11F2N5S/c11-8-2-1-3-9(12)7(8)6-18-10-14-15-16-17(10)5-4-13/h1-3H,4-6,13H2. The lowest BCUT2D eigenvalue weighted by atomic mass is 10.2. The summed E-state index contributed by atoms with van der Waals surface area (Å²) in [5.74, 6) is -1.01. The zero-order chi connectivity index (χ0) is 13.0. The van der Waals surface area contributed by atoms with Crippen molar-refractivity contribution in [2.24, 2.45) is 5.73 Å². The molecule has 1 heterocycles. The van der Waals surface area contributed by atoms with Gasteiger partial charge in [0.25, 0.3) is 0 Å². The Morgan fingerprint density at radius 2 is 2.00 bits per heavy atom. The van der Waals surface area contributed by atoms with Gasteiger partial charge < -0.3 is 5.73 Å². The van der Waals surface area contributed by atoms with Gasteiger partial charge in [0.15, 0.2) is 0 Å². The summed E-state index contributed by atoms with van der Waals surface area (Å²) in [7, 11) is 0. The first-order chi connectivity index (χ1) is 8.72. The molecule has 0 aliphatic rings. The highest BCUT2D eigenvalue weighted by molar-refractivity contribution is 7.98. The third kappa shape index (κ3) is 2.82. The third-order valence-electron chi connectivity index (χ3n) is 2.25. The Morgan fingerprint density at radius 3 is 2.67 bits per heavy atom. The summed E-state index contributed by atoms with van der Waals surface area (Å²) < 4.78 is 28.3. The minimum absolute atomic E-state index is 0.0183. The first kappa shape index (κ1) is 12.9. The van der Waals surface area contributed by atoms with Gasteiger partial charge in [0.1, 0.15) is 11.6 Å². The van der Waals surface area contributed by atoms with Crippen molar-refractivity contribution in [3.05, 3.63) is 35.4 Å². The maximum absolute atomic E-state index is 13.4. The highest BCUT2D eigenvalue weighted by atomic mass is 32.2. The second-order valence-corrected chi connectivity index (χ2v) is 4.40. The van der Waals surface area contributed by atoms with E-state index in [-0.39, 0.29) is 11.3 Å². The molecule has 0 bridgehead atoms. The normalized spacial score (nSPS) is 10.8. The fourth-order valence-electron chi connectivity index (χ4n) is 1.37. The molecule has 96 valence electrons. The van der Waals surface area contributed by atoms with Gasteiger partial charge >= 0.3 is 0 Å². The monoisotopic (exact) mass is 271 g/mol. The molecule has 0 aliphatic carbocycles. The lowest BCUT2D eigenvalue weighted by Crippen LogP contribution is -2.12. The van der Waals surface area contributed by atoms with Crippen LogP contribution in [0.25, 0.3) is 0 Å². The zero-order valence-corrected chi connectivity index (χ0v) is 10.2. The molecule has 2 N–H and O–H groups in total. The third-order valence-corrected chi connectivity index (χ3v) is 3.23. The number of hydrogen-bond donors (Lipinski definition) is 1.